The highest BCUT2D eigenvalue weighted by molar-refractivity contribution is 6.17. The molecule has 2 aromatic carbocycles. The highest BCUT2D eigenvalue weighted by atomic mass is 35.5. The number of amides is 2. The summed E-state index contributed by atoms with van der Waals surface area (Å²) < 4.78 is 4.82. The lowest BCUT2D eigenvalue weighted by Gasteiger charge is -2.30. The lowest BCUT2D eigenvalue weighted by molar-refractivity contribution is -0.141. The zero-order valence-corrected chi connectivity index (χ0v) is 25.0. The van der Waals surface area contributed by atoms with Crippen LogP contribution in [0.1, 0.15) is 72.9 Å². The number of anilines is 3. The molecule has 0 saturated heterocycles. The van der Waals surface area contributed by atoms with Crippen LogP contribution >= 0.6 is 11.6 Å². The Kier molecular flexibility index (Phi) is 18.0. The fourth-order valence-electron chi connectivity index (χ4n) is 3.57. The van der Waals surface area contributed by atoms with Crippen LogP contribution in [0.4, 0.5) is 21.9 Å². The largest absolute Gasteiger partial charge is 0.449 e. The maximum Gasteiger partial charge on any atom is 0.323 e. The number of nitrogens with zero attached hydrogens (tertiary/aromatic N) is 1. The van der Waals surface area contributed by atoms with Gasteiger partial charge in [-0.2, -0.15) is 0 Å². The average Bonchev–Trinajstić information content (AvgIpc) is 2.86. The molecule has 0 unspecified atom stereocenters. The quantitative estimate of drug-likeness (QED) is 0.224. The number of urea groups is 1. The van der Waals surface area contributed by atoms with Gasteiger partial charge >= 0.3 is 12.0 Å². The van der Waals surface area contributed by atoms with Gasteiger partial charge in [-0.3, -0.25) is 4.79 Å². The minimum atomic E-state index is -0.345. The number of ether oxygens (including phenoxy) is 1. The van der Waals surface area contributed by atoms with E-state index in [1.807, 2.05) is 77.1 Å². The molecule has 2 rings (SSSR count). The number of benzene rings is 2. The van der Waals surface area contributed by atoms with E-state index in [0.717, 1.165) is 35.6 Å². The second kappa shape index (κ2) is 19.4. The molecule has 0 aliphatic carbocycles. The number of carbonyl (C=O) groups is 2. The fourth-order valence-corrected chi connectivity index (χ4v) is 3.69. The van der Waals surface area contributed by atoms with Gasteiger partial charge in [0.2, 0.25) is 0 Å². The summed E-state index contributed by atoms with van der Waals surface area (Å²) in [5.41, 5.74) is 4.46. The van der Waals surface area contributed by atoms with Gasteiger partial charge in [-0.15, -0.1) is 0 Å². The SMILES string of the molecule is CC.CC.Cc1ccc(NC(=O)Nc2cc(CCC(=O)OCCl)ccc2N(CC(C)C)CC(C)C)cc1. The van der Waals surface area contributed by atoms with E-state index < -0.39 is 0 Å². The topological polar surface area (TPSA) is 70.7 Å². The molecule has 0 bridgehead atoms. The number of carbonyl (C=O) groups excluding carboxylic acids is 2. The summed E-state index contributed by atoms with van der Waals surface area (Å²) in [7, 11) is 0. The number of hydrogen-bond acceptors (Lipinski definition) is 4. The van der Waals surface area contributed by atoms with E-state index in [1.54, 1.807) is 0 Å². The molecule has 2 N–H and O–H groups in total. The number of hydrogen-bond donors (Lipinski definition) is 2. The first-order valence-corrected chi connectivity index (χ1v) is 14.0. The molecule has 6 nitrogen and oxygen atoms in total. The Morgan fingerprint density at radius 1 is 0.892 bits per heavy atom. The van der Waals surface area contributed by atoms with E-state index in [1.165, 1.54) is 0 Å². The molecule has 0 spiro atoms. The van der Waals surface area contributed by atoms with Crippen LogP contribution < -0.4 is 15.5 Å². The Morgan fingerprint density at radius 2 is 1.46 bits per heavy atom. The van der Waals surface area contributed by atoms with Crippen LogP contribution in [0.5, 0.6) is 0 Å². The number of alkyl halides is 1. The molecule has 0 radical (unpaired) electrons. The zero-order chi connectivity index (χ0) is 28.4. The summed E-state index contributed by atoms with van der Waals surface area (Å²) in [5, 5.41) is 5.92. The summed E-state index contributed by atoms with van der Waals surface area (Å²) >= 11 is 5.47. The van der Waals surface area contributed by atoms with Gasteiger partial charge in [0.15, 0.2) is 6.07 Å². The van der Waals surface area contributed by atoms with E-state index in [0.29, 0.717) is 23.9 Å². The zero-order valence-electron chi connectivity index (χ0n) is 24.3. The smallest absolute Gasteiger partial charge is 0.323 e. The van der Waals surface area contributed by atoms with Crippen molar-refractivity contribution in [3.63, 3.8) is 0 Å². The highest BCUT2D eigenvalue weighted by Gasteiger charge is 2.17. The number of esters is 1. The van der Waals surface area contributed by atoms with E-state index in [4.69, 9.17) is 16.3 Å². The molecule has 0 aliphatic rings. The normalized spacial score (nSPS) is 10.1. The van der Waals surface area contributed by atoms with Crippen molar-refractivity contribution >= 4 is 40.7 Å². The molecule has 0 heterocycles. The number of aryl methyl sites for hydroxylation is 2. The number of nitrogens with one attached hydrogen (secondary N) is 2. The van der Waals surface area contributed by atoms with Crippen molar-refractivity contribution in [2.24, 2.45) is 11.8 Å². The Morgan fingerprint density at radius 3 is 1.97 bits per heavy atom. The van der Waals surface area contributed by atoms with Crippen LogP contribution in [0.15, 0.2) is 42.5 Å². The van der Waals surface area contributed by atoms with Gasteiger partial charge in [0, 0.05) is 25.2 Å². The third-order valence-corrected chi connectivity index (χ3v) is 5.07. The minimum Gasteiger partial charge on any atom is -0.449 e. The van der Waals surface area contributed by atoms with E-state index >= 15 is 0 Å². The van der Waals surface area contributed by atoms with Crippen molar-refractivity contribution in [1.29, 1.82) is 0 Å². The van der Waals surface area contributed by atoms with Crippen LogP contribution in [-0.4, -0.2) is 31.2 Å². The first-order valence-electron chi connectivity index (χ1n) is 13.4. The highest BCUT2D eigenvalue weighted by Crippen LogP contribution is 2.30. The van der Waals surface area contributed by atoms with E-state index in [-0.39, 0.29) is 24.5 Å². The molecule has 0 saturated carbocycles. The van der Waals surface area contributed by atoms with Gasteiger partial charge in [0.1, 0.15) is 0 Å². The monoisotopic (exact) mass is 533 g/mol. The summed E-state index contributed by atoms with van der Waals surface area (Å²) in [5.74, 6) is 0.577. The van der Waals surface area contributed by atoms with Crippen molar-refractivity contribution in [3.8, 4) is 0 Å². The third kappa shape index (κ3) is 14.0. The van der Waals surface area contributed by atoms with Crippen LogP contribution in [0.2, 0.25) is 0 Å². The molecule has 2 aromatic rings. The van der Waals surface area contributed by atoms with Gasteiger partial charge < -0.3 is 20.3 Å². The molecule has 37 heavy (non-hydrogen) atoms. The molecule has 0 aliphatic heterocycles. The first-order chi connectivity index (χ1) is 17.7. The van der Waals surface area contributed by atoms with Crippen molar-refractivity contribution in [3.05, 3.63) is 53.6 Å². The summed E-state index contributed by atoms with van der Waals surface area (Å²) in [6.07, 6.45) is 0.724. The molecule has 7 heteroatoms. The maximum absolute atomic E-state index is 12.8. The van der Waals surface area contributed by atoms with Crippen LogP contribution in [-0.2, 0) is 16.0 Å². The molecule has 0 fully saturated rings. The molecule has 0 atom stereocenters. The van der Waals surface area contributed by atoms with Crippen molar-refractivity contribution < 1.29 is 14.3 Å². The predicted octanol–water partition coefficient (Wildman–Crippen LogP) is 8.48. The van der Waals surface area contributed by atoms with Crippen LogP contribution in [0, 0.1) is 18.8 Å². The second-order valence-corrected chi connectivity index (χ2v) is 9.33. The van der Waals surface area contributed by atoms with E-state index in [9.17, 15) is 9.59 Å². The van der Waals surface area contributed by atoms with Crippen LogP contribution in [0.3, 0.4) is 0 Å². The molecule has 2 amide bonds. The minimum absolute atomic E-state index is 0.150. The fraction of sp³-hybridized carbons (Fsp3) is 0.533. The Hall–Kier alpha value is -2.73. The molecular formula is C30H48ClN3O3. The van der Waals surface area contributed by atoms with Gasteiger partial charge in [-0.1, -0.05) is 90.8 Å². The Bertz CT molecular complexity index is 905. The molecule has 0 aromatic heterocycles. The van der Waals surface area contributed by atoms with E-state index in [2.05, 4.69) is 43.2 Å². The van der Waals surface area contributed by atoms with Gasteiger partial charge in [0.25, 0.3) is 0 Å². The van der Waals surface area contributed by atoms with Gasteiger partial charge in [0.05, 0.1) is 11.4 Å². The lowest BCUT2D eigenvalue weighted by atomic mass is 10.1. The molecule has 208 valence electrons. The van der Waals surface area contributed by atoms with Crippen molar-refractivity contribution in [2.75, 3.05) is 34.7 Å². The number of rotatable bonds is 11. The Labute approximate surface area is 230 Å². The van der Waals surface area contributed by atoms with Gasteiger partial charge in [-0.05, 0) is 55.0 Å². The summed E-state index contributed by atoms with van der Waals surface area (Å²) in [6.45, 7) is 20.5. The lowest BCUT2D eigenvalue weighted by Crippen LogP contribution is -2.32. The second-order valence-electron chi connectivity index (χ2n) is 9.11. The molecular weight excluding hydrogens is 486 g/mol. The van der Waals surface area contributed by atoms with Gasteiger partial charge in [-0.25, -0.2) is 4.79 Å². The summed E-state index contributed by atoms with van der Waals surface area (Å²) in [6, 6.07) is 13.1. The summed E-state index contributed by atoms with van der Waals surface area (Å²) in [4.78, 5) is 26.9. The average molecular weight is 534 g/mol. The maximum atomic E-state index is 12.8. The standard InChI is InChI=1S/C26H36ClN3O3.2C2H6/c1-18(2)15-30(16-19(3)4)24-12-8-21(9-13-25(31)33-17-27)14-23(24)29-26(32)28-22-10-6-20(5)7-11-22;2*1-2/h6-8,10-12,14,18-19H,9,13,15-17H2,1-5H3,(H2,28,29,32);2*1-2H3. The number of halogens is 1. The Balaban J connectivity index is 0.00000308. The first kappa shape index (κ1) is 34.3. The van der Waals surface area contributed by atoms with Crippen LogP contribution in [0.25, 0.3) is 0 Å². The predicted molar refractivity (Wildman–Crippen MR) is 160 cm³/mol. The van der Waals surface area contributed by atoms with Crippen molar-refractivity contribution in [2.45, 2.75) is 75.2 Å². The third-order valence-electron chi connectivity index (χ3n) is 4.96. The van der Waals surface area contributed by atoms with Crippen molar-refractivity contribution in [1.82, 2.24) is 0 Å².